The number of anilines is 2. The molecule has 0 aliphatic carbocycles. The van der Waals surface area contributed by atoms with E-state index in [9.17, 15) is 9.18 Å². The molecule has 132 valence electrons. The molecular weight excluding hydrogens is 321 g/mol. The van der Waals surface area contributed by atoms with Gasteiger partial charge >= 0.3 is 0 Å². The minimum absolute atomic E-state index is 0.109. The van der Waals surface area contributed by atoms with Crippen molar-refractivity contribution in [3.63, 3.8) is 0 Å². The van der Waals surface area contributed by atoms with E-state index >= 15 is 0 Å². The molecular formula is C18H22FN5O. The molecule has 0 atom stereocenters. The fourth-order valence-corrected chi connectivity index (χ4v) is 2.89. The summed E-state index contributed by atoms with van der Waals surface area (Å²) in [5.41, 5.74) is 0.685. The first-order valence-corrected chi connectivity index (χ1v) is 8.43. The number of benzene rings is 1. The van der Waals surface area contributed by atoms with E-state index in [1.54, 1.807) is 19.1 Å². The Balaban J connectivity index is 1.55. The monoisotopic (exact) mass is 343 g/mol. The third-order valence-corrected chi connectivity index (χ3v) is 4.36. The van der Waals surface area contributed by atoms with Crippen molar-refractivity contribution < 1.29 is 9.18 Å². The highest BCUT2D eigenvalue weighted by Crippen LogP contribution is 2.16. The van der Waals surface area contributed by atoms with Gasteiger partial charge in [0.05, 0.1) is 0 Å². The number of amides is 1. The second kappa shape index (κ2) is 7.92. The lowest BCUT2D eigenvalue weighted by molar-refractivity contribution is -0.129. The van der Waals surface area contributed by atoms with Crippen LogP contribution < -0.4 is 10.2 Å². The predicted octanol–water partition coefficient (Wildman–Crippen LogP) is 1.94. The number of hydrogen-bond donors (Lipinski definition) is 1. The molecule has 0 unspecified atom stereocenters. The van der Waals surface area contributed by atoms with Gasteiger partial charge in [0.15, 0.2) is 0 Å². The molecule has 1 N–H and O–H groups in total. The zero-order valence-electron chi connectivity index (χ0n) is 14.3. The lowest BCUT2D eigenvalue weighted by Gasteiger charge is -2.34. The Kier molecular flexibility index (Phi) is 5.42. The van der Waals surface area contributed by atoms with Crippen LogP contribution in [0.3, 0.4) is 0 Å². The van der Waals surface area contributed by atoms with Gasteiger partial charge in [-0.05, 0) is 18.1 Å². The van der Waals surface area contributed by atoms with Gasteiger partial charge in [-0.3, -0.25) is 4.79 Å². The lowest BCUT2D eigenvalue weighted by Crippen LogP contribution is -2.48. The van der Waals surface area contributed by atoms with Crippen LogP contribution in [-0.4, -0.2) is 53.5 Å². The molecule has 2 heterocycles. The summed E-state index contributed by atoms with van der Waals surface area (Å²) in [6, 6.07) is 8.68. The summed E-state index contributed by atoms with van der Waals surface area (Å²) >= 11 is 0. The van der Waals surface area contributed by atoms with E-state index in [1.807, 2.05) is 17.0 Å². The summed E-state index contributed by atoms with van der Waals surface area (Å²) in [7, 11) is 0. The van der Waals surface area contributed by atoms with E-state index < -0.39 is 0 Å². The van der Waals surface area contributed by atoms with Gasteiger partial charge in [-0.1, -0.05) is 18.2 Å². The van der Waals surface area contributed by atoms with E-state index in [2.05, 4.69) is 20.2 Å². The van der Waals surface area contributed by atoms with Crippen LogP contribution in [-0.2, 0) is 11.2 Å². The summed E-state index contributed by atoms with van der Waals surface area (Å²) < 4.78 is 13.6. The molecule has 1 aromatic heterocycles. The zero-order valence-corrected chi connectivity index (χ0v) is 14.3. The highest BCUT2D eigenvalue weighted by molar-refractivity contribution is 5.73. The predicted molar refractivity (Wildman–Crippen MR) is 95.1 cm³/mol. The first kappa shape index (κ1) is 17.1. The van der Waals surface area contributed by atoms with Crippen molar-refractivity contribution in [1.29, 1.82) is 0 Å². The maximum absolute atomic E-state index is 13.6. The normalized spacial score (nSPS) is 14.5. The number of nitrogens with zero attached hydrogens (tertiary/aromatic N) is 4. The molecule has 1 amide bonds. The van der Waals surface area contributed by atoms with Gasteiger partial charge < -0.3 is 15.1 Å². The Morgan fingerprint density at radius 2 is 1.96 bits per heavy atom. The fraction of sp³-hybridized carbons (Fsp3) is 0.389. The lowest BCUT2D eigenvalue weighted by atomic mass is 10.1. The minimum Gasteiger partial charge on any atom is -0.370 e. The Labute approximate surface area is 146 Å². The third kappa shape index (κ3) is 4.43. The molecule has 1 aliphatic heterocycles. The van der Waals surface area contributed by atoms with Crippen LogP contribution in [0.5, 0.6) is 0 Å². The summed E-state index contributed by atoms with van der Waals surface area (Å²) in [6.07, 6.45) is 2.11. The van der Waals surface area contributed by atoms with Gasteiger partial charge in [0.1, 0.15) is 23.8 Å². The van der Waals surface area contributed by atoms with Crippen LogP contribution in [0.4, 0.5) is 16.0 Å². The van der Waals surface area contributed by atoms with Crippen LogP contribution in [0.2, 0.25) is 0 Å². The van der Waals surface area contributed by atoms with Crippen LogP contribution in [0.25, 0.3) is 0 Å². The number of halogens is 1. The maximum Gasteiger partial charge on any atom is 0.219 e. The van der Waals surface area contributed by atoms with Gasteiger partial charge in [-0.25, -0.2) is 14.4 Å². The molecule has 6 nitrogen and oxygen atoms in total. The van der Waals surface area contributed by atoms with Crippen molar-refractivity contribution in [3.05, 3.63) is 48.0 Å². The number of nitrogens with one attached hydrogen (secondary N) is 1. The standard InChI is InChI=1S/C18H22FN5O/c1-14(25)23-8-10-24(11-9-23)18-12-17(21-13-22-18)20-7-6-15-4-2-3-5-16(15)19/h2-5,12-13H,6-11H2,1H3,(H,20,21,22). The molecule has 7 heteroatoms. The molecule has 1 fully saturated rings. The Morgan fingerprint density at radius 1 is 1.20 bits per heavy atom. The van der Waals surface area contributed by atoms with Crippen LogP contribution >= 0.6 is 0 Å². The average Bonchev–Trinajstić information content (AvgIpc) is 2.64. The van der Waals surface area contributed by atoms with Gasteiger partial charge in [0.25, 0.3) is 0 Å². The number of hydrogen-bond acceptors (Lipinski definition) is 5. The highest BCUT2D eigenvalue weighted by atomic mass is 19.1. The summed E-state index contributed by atoms with van der Waals surface area (Å²) in [6.45, 7) is 5.11. The van der Waals surface area contributed by atoms with Crippen molar-refractivity contribution in [1.82, 2.24) is 14.9 Å². The van der Waals surface area contributed by atoms with Crippen LogP contribution in [0.1, 0.15) is 12.5 Å². The van der Waals surface area contributed by atoms with Crippen molar-refractivity contribution >= 4 is 17.5 Å². The van der Waals surface area contributed by atoms with Crippen LogP contribution in [0.15, 0.2) is 36.7 Å². The molecule has 0 radical (unpaired) electrons. The summed E-state index contributed by atoms with van der Waals surface area (Å²) in [4.78, 5) is 23.9. The van der Waals surface area contributed by atoms with Gasteiger partial charge in [-0.2, -0.15) is 0 Å². The van der Waals surface area contributed by atoms with Crippen molar-refractivity contribution in [2.45, 2.75) is 13.3 Å². The molecule has 0 spiro atoms. The van der Waals surface area contributed by atoms with Crippen molar-refractivity contribution in [2.24, 2.45) is 0 Å². The molecule has 0 bridgehead atoms. The highest BCUT2D eigenvalue weighted by Gasteiger charge is 2.19. The van der Waals surface area contributed by atoms with E-state index in [4.69, 9.17) is 0 Å². The molecule has 3 rings (SSSR count). The average molecular weight is 343 g/mol. The second-order valence-corrected chi connectivity index (χ2v) is 6.02. The topological polar surface area (TPSA) is 61.4 Å². The van der Waals surface area contributed by atoms with E-state index in [0.29, 0.717) is 31.6 Å². The van der Waals surface area contributed by atoms with Crippen molar-refractivity contribution in [2.75, 3.05) is 42.9 Å². The van der Waals surface area contributed by atoms with E-state index in [0.717, 1.165) is 24.7 Å². The number of rotatable bonds is 5. The Morgan fingerprint density at radius 3 is 2.68 bits per heavy atom. The molecule has 1 saturated heterocycles. The molecule has 0 saturated carbocycles. The van der Waals surface area contributed by atoms with E-state index in [-0.39, 0.29) is 11.7 Å². The number of carbonyl (C=O) groups is 1. The molecule has 2 aromatic rings. The largest absolute Gasteiger partial charge is 0.370 e. The second-order valence-electron chi connectivity index (χ2n) is 6.02. The summed E-state index contributed by atoms with van der Waals surface area (Å²) in [5.74, 6) is 1.48. The molecule has 25 heavy (non-hydrogen) atoms. The van der Waals surface area contributed by atoms with E-state index in [1.165, 1.54) is 12.4 Å². The molecule has 1 aromatic carbocycles. The fourth-order valence-electron chi connectivity index (χ4n) is 2.89. The van der Waals surface area contributed by atoms with Crippen LogP contribution in [0, 0.1) is 5.82 Å². The van der Waals surface area contributed by atoms with Gasteiger partial charge in [0, 0.05) is 45.7 Å². The first-order chi connectivity index (χ1) is 12.1. The Hall–Kier alpha value is -2.70. The smallest absolute Gasteiger partial charge is 0.219 e. The number of piperazine rings is 1. The summed E-state index contributed by atoms with van der Waals surface area (Å²) in [5, 5.41) is 3.22. The van der Waals surface area contributed by atoms with Gasteiger partial charge in [0.2, 0.25) is 5.91 Å². The quantitative estimate of drug-likeness (QED) is 0.899. The maximum atomic E-state index is 13.6. The zero-order chi connectivity index (χ0) is 17.6. The SMILES string of the molecule is CC(=O)N1CCN(c2cc(NCCc3ccccc3F)ncn2)CC1. The first-order valence-electron chi connectivity index (χ1n) is 8.43. The van der Waals surface area contributed by atoms with Gasteiger partial charge in [-0.15, -0.1) is 0 Å². The number of aromatic nitrogens is 2. The molecule has 1 aliphatic rings. The van der Waals surface area contributed by atoms with Crippen molar-refractivity contribution in [3.8, 4) is 0 Å². The number of carbonyl (C=O) groups excluding carboxylic acids is 1. The minimum atomic E-state index is -0.184. The Bertz CT molecular complexity index is 731. The third-order valence-electron chi connectivity index (χ3n) is 4.36.